The third-order valence-electron chi connectivity index (χ3n) is 3.62. The van der Waals surface area contributed by atoms with Crippen molar-refractivity contribution in [2.24, 2.45) is 0 Å². The van der Waals surface area contributed by atoms with E-state index in [1.807, 2.05) is 0 Å². The lowest BCUT2D eigenvalue weighted by Crippen LogP contribution is -2.62. The second-order valence-corrected chi connectivity index (χ2v) is 5.13. The minimum atomic E-state index is -5.08. The van der Waals surface area contributed by atoms with Gasteiger partial charge in [0.2, 0.25) is 0 Å². The largest absolute Gasteiger partial charge is 0.445 e. The second-order valence-electron chi connectivity index (χ2n) is 5.13. The van der Waals surface area contributed by atoms with Crippen molar-refractivity contribution in [1.29, 1.82) is 0 Å². The van der Waals surface area contributed by atoms with Gasteiger partial charge in [-0.3, -0.25) is 0 Å². The highest BCUT2D eigenvalue weighted by atomic mass is 19.4. The van der Waals surface area contributed by atoms with E-state index in [1.54, 1.807) is 30.3 Å². The lowest BCUT2D eigenvalue weighted by atomic mass is 9.89. The fourth-order valence-corrected chi connectivity index (χ4v) is 2.19. The van der Waals surface area contributed by atoms with Crippen molar-refractivity contribution >= 4 is 6.09 Å². The summed E-state index contributed by atoms with van der Waals surface area (Å²) in [5, 5.41) is 9.40. The van der Waals surface area contributed by atoms with Crippen LogP contribution < -0.4 is 0 Å². The number of rotatable bonds is 2. The molecule has 1 aliphatic heterocycles. The number of carbonyl (C=O) groups is 1. The molecule has 1 amide bonds. The number of benzene rings is 1. The van der Waals surface area contributed by atoms with Crippen LogP contribution in [0, 0.1) is 0 Å². The van der Waals surface area contributed by atoms with Gasteiger partial charge in [-0.15, -0.1) is 0 Å². The van der Waals surface area contributed by atoms with Crippen LogP contribution in [0.5, 0.6) is 0 Å². The first-order chi connectivity index (χ1) is 10.2. The number of hydrogen-bond acceptors (Lipinski definition) is 3. The average Bonchev–Trinajstić information content (AvgIpc) is 2.47. The second kappa shape index (κ2) is 6.12. The summed E-state index contributed by atoms with van der Waals surface area (Å²) in [5.74, 6) is 0. The van der Waals surface area contributed by atoms with Crippen LogP contribution in [0.1, 0.15) is 12.0 Å². The fraction of sp³-hybridized carbons (Fsp3) is 0.500. The Kier molecular flexibility index (Phi) is 4.60. The van der Waals surface area contributed by atoms with Crippen LogP contribution in [-0.4, -0.2) is 47.1 Å². The minimum Gasteiger partial charge on any atom is -0.445 e. The van der Waals surface area contributed by atoms with Crippen molar-refractivity contribution in [3.05, 3.63) is 35.9 Å². The van der Waals surface area contributed by atoms with Gasteiger partial charge in [-0.2, -0.15) is 13.2 Å². The van der Waals surface area contributed by atoms with Gasteiger partial charge in [0.1, 0.15) is 6.61 Å². The maximum Gasteiger partial charge on any atom is 0.420 e. The summed E-state index contributed by atoms with van der Waals surface area (Å²) < 4.78 is 56.6. The van der Waals surface area contributed by atoms with E-state index in [-0.39, 0.29) is 6.61 Å². The van der Waals surface area contributed by atoms with Gasteiger partial charge in [0.05, 0.1) is 6.54 Å². The van der Waals surface area contributed by atoms with Crippen LogP contribution in [0.2, 0.25) is 0 Å². The molecule has 0 aliphatic carbocycles. The van der Waals surface area contributed by atoms with Gasteiger partial charge in [0.25, 0.3) is 0 Å². The van der Waals surface area contributed by atoms with Crippen LogP contribution in [-0.2, 0) is 11.3 Å². The van der Waals surface area contributed by atoms with Crippen LogP contribution in [0.25, 0.3) is 0 Å². The van der Waals surface area contributed by atoms with E-state index in [9.17, 15) is 27.5 Å². The Hall–Kier alpha value is -1.83. The van der Waals surface area contributed by atoms with Crippen molar-refractivity contribution in [3.63, 3.8) is 0 Å². The zero-order valence-electron chi connectivity index (χ0n) is 11.5. The summed E-state index contributed by atoms with van der Waals surface area (Å²) >= 11 is 0. The quantitative estimate of drug-likeness (QED) is 0.852. The van der Waals surface area contributed by atoms with Gasteiger partial charge in [-0.25, -0.2) is 9.18 Å². The SMILES string of the molecule is O=C(OCc1ccccc1)N1CC[C@@](O)(C(F)(F)F)[C@H](F)C1. The summed E-state index contributed by atoms with van der Waals surface area (Å²) in [6, 6.07) is 8.69. The third-order valence-corrected chi connectivity index (χ3v) is 3.62. The maximum atomic E-state index is 13.7. The number of ether oxygens (including phenoxy) is 1. The molecule has 1 fully saturated rings. The van der Waals surface area contributed by atoms with Gasteiger partial charge in [-0.05, 0) is 5.56 Å². The molecule has 0 radical (unpaired) electrons. The fourth-order valence-electron chi connectivity index (χ4n) is 2.19. The predicted molar refractivity (Wildman–Crippen MR) is 68.7 cm³/mol. The molecule has 122 valence electrons. The van der Waals surface area contributed by atoms with E-state index in [1.165, 1.54) is 0 Å². The first kappa shape index (κ1) is 16.5. The van der Waals surface area contributed by atoms with Crippen LogP contribution in [0.4, 0.5) is 22.4 Å². The zero-order chi connectivity index (χ0) is 16.4. The molecule has 2 atom stereocenters. The van der Waals surface area contributed by atoms with Gasteiger partial charge >= 0.3 is 12.3 Å². The predicted octanol–water partition coefficient (Wildman–Crippen LogP) is 2.66. The highest BCUT2D eigenvalue weighted by Gasteiger charge is 2.61. The highest BCUT2D eigenvalue weighted by Crippen LogP contribution is 2.40. The zero-order valence-corrected chi connectivity index (χ0v) is 11.5. The third kappa shape index (κ3) is 3.32. The van der Waals surface area contributed by atoms with Crippen molar-refractivity contribution in [2.45, 2.75) is 31.0 Å². The lowest BCUT2D eigenvalue weighted by Gasteiger charge is -2.40. The average molecular weight is 321 g/mol. The molecule has 1 heterocycles. The highest BCUT2D eigenvalue weighted by molar-refractivity contribution is 5.68. The number of likely N-dealkylation sites (tertiary alicyclic amines) is 1. The molecule has 8 heteroatoms. The molecule has 4 nitrogen and oxygen atoms in total. The smallest absolute Gasteiger partial charge is 0.420 e. The van der Waals surface area contributed by atoms with E-state index in [0.717, 1.165) is 4.90 Å². The lowest BCUT2D eigenvalue weighted by molar-refractivity contribution is -0.291. The molecule has 0 spiro atoms. The number of halogens is 4. The molecule has 22 heavy (non-hydrogen) atoms. The molecular formula is C14H15F4NO3. The molecule has 1 aliphatic rings. The Morgan fingerprint density at radius 1 is 1.36 bits per heavy atom. The number of aliphatic hydroxyl groups is 1. The summed E-state index contributed by atoms with van der Waals surface area (Å²) in [6.45, 7) is -1.34. The maximum absolute atomic E-state index is 13.7. The van der Waals surface area contributed by atoms with Gasteiger partial charge in [0.15, 0.2) is 11.8 Å². The van der Waals surface area contributed by atoms with Crippen molar-refractivity contribution in [2.75, 3.05) is 13.1 Å². The molecule has 1 saturated heterocycles. The minimum absolute atomic E-state index is 0.0589. The first-order valence-corrected chi connectivity index (χ1v) is 6.63. The van der Waals surface area contributed by atoms with Crippen molar-refractivity contribution in [1.82, 2.24) is 4.90 Å². The molecule has 1 aromatic carbocycles. The first-order valence-electron chi connectivity index (χ1n) is 6.63. The number of carbonyl (C=O) groups excluding carboxylic acids is 1. The normalized spacial score (nSPS) is 25.9. The van der Waals surface area contributed by atoms with Crippen LogP contribution in [0.3, 0.4) is 0 Å². The summed E-state index contributed by atoms with van der Waals surface area (Å²) in [6.07, 6.45) is -9.51. The number of piperidine rings is 1. The molecule has 0 aromatic heterocycles. The number of nitrogens with zero attached hydrogens (tertiary/aromatic N) is 1. The Bertz CT molecular complexity index is 523. The van der Waals surface area contributed by atoms with E-state index in [0.29, 0.717) is 5.56 Å². The summed E-state index contributed by atoms with van der Waals surface area (Å²) in [4.78, 5) is 12.6. The van der Waals surface area contributed by atoms with Crippen LogP contribution in [0.15, 0.2) is 30.3 Å². The molecule has 0 bridgehead atoms. The molecule has 2 rings (SSSR count). The van der Waals surface area contributed by atoms with Gasteiger partial charge < -0.3 is 14.7 Å². The van der Waals surface area contributed by atoms with Crippen molar-refractivity contribution < 1.29 is 32.2 Å². The molecular weight excluding hydrogens is 306 g/mol. The Morgan fingerprint density at radius 3 is 2.55 bits per heavy atom. The van der Waals surface area contributed by atoms with E-state index >= 15 is 0 Å². The number of alkyl halides is 4. The summed E-state index contributed by atoms with van der Waals surface area (Å²) in [5.41, 5.74) is -2.71. The molecule has 0 saturated carbocycles. The van der Waals surface area contributed by atoms with Gasteiger partial charge in [0, 0.05) is 13.0 Å². The topological polar surface area (TPSA) is 49.8 Å². The molecule has 1 aromatic rings. The van der Waals surface area contributed by atoms with E-state index in [2.05, 4.69) is 0 Å². The van der Waals surface area contributed by atoms with Crippen molar-refractivity contribution in [3.8, 4) is 0 Å². The number of amides is 1. The van der Waals surface area contributed by atoms with Gasteiger partial charge in [-0.1, -0.05) is 30.3 Å². The molecule has 1 N–H and O–H groups in total. The van der Waals surface area contributed by atoms with E-state index < -0.39 is 43.6 Å². The number of hydrogen-bond donors (Lipinski definition) is 1. The Morgan fingerprint density at radius 2 is 2.00 bits per heavy atom. The standard InChI is InChI=1S/C14H15F4NO3/c15-11-8-19(7-6-13(11,21)14(16,17)18)12(20)22-9-10-4-2-1-3-5-10/h1-5,11,21H,6-9H2/t11-,13+/m1/s1. The molecule has 0 unspecified atom stereocenters. The Labute approximate surface area is 124 Å². The van der Waals surface area contributed by atoms with Crippen LogP contribution >= 0.6 is 0 Å². The summed E-state index contributed by atoms with van der Waals surface area (Å²) in [7, 11) is 0. The monoisotopic (exact) mass is 321 g/mol. The Balaban J connectivity index is 1.91. The van der Waals surface area contributed by atoms with E-state index in [4.69, 9.17) is 4.74 Å².